The molecule has 13 heteroatoms. The number of aromatic nitrogens is 2. The molecule has 1 saturated heterocycles. The largest absolute Gasteiger partial charge is 0.488 e. The number of likely N-dealkylation sites (tertiary alicyclic amines) is 1. The van der Waals surface area contributed by atoms with E-state index in [0.29, 0.717) is 35.3 Å². The number of carbonyl (C=O) groups is 1. The smallest absolute Gasteiger partial charge is 0.323 e. The molecule has 0 bridgehead atoms. The average Bonchev–Trinajstić information content (AvgIpc) is 3.56. The lowest BCUT2D eigenvalue weighted by Crippen LogP contribution is -2.44. The number of esters is 1. The number of benzene rings is 4. The third-order valence-electron chi connectivity index (χ3n) is 8.06. The molecule has 1 aliphatic heterocycles. The van der Waals surface area contributed by atoms with Gasteiger partial charge in [0.15, 0.2) is 0 Å². The number of piperidine rings is 1. The van der Waals surface area contributed by atoms with E-state index in [2.05, 4.69) is 26.2 Å². The van der Waals surface area contributed by atoms with E-state index in [1.807, 2.05) is 65.6 Å². The maximum Gasteiger partial charge on any atom is 0.323 e. The summed E-state index contributed by atoms with van der Waals surface area (Å²) in [5, 5.41) is 20.1. The minimum absolute atomic E-state index is 0. The number of ether oxygens (including phenoxy) is 3. The number of rotatable bonds is 11. The fourth-order valence-electron chi connectivity index (χ4n) is 5.68. The van der Waals surface area contributed by atoms with E-state index in [4.69, 9.17) is 18.8 Å². The number of methoxy groups -OCH3 is 1. The number of nitrogens with zero attached hydrogens (tertiary/aromatic N) is 4. The second kappa shape index (κ2) is 15.4. The average molecular weight is 724 g/mol. The van der Waals surface area contributed by atoms with Gasteiger partial charge in [0.2, 0.25) is 5.75 Å². The molecule has 0 saturated carbocycles. The number of nitro groups is 1. The number of hydrogen-bond donors (Lipinski definition) is 0. The maximum atomic E-state index is 12.6. The molecule has 47 heavy (non-hydrogen) atoms. The first-order valence-electron chi connectivity index (χ1n) is 14.8. The lowest BCUT2D eigenvalue weighted by atomic mass is 10.0. The van der Waals surface area contributed by atoms with Gasteiger partial charge in [0.25, 0.3) is 0 Å². The summed E-state index contributed by atoms with van der Waals surface area (Å²) in [5.74, 6) is 0.153. The van der Waals surface area contributed by atoms with E-state index in [9.17, 15) is 14.9 Å². The van der Waals surface area contributed by atoms with E-state index in [0.717, 1.165) is 39.6 Å². The molecule has 0 radical (unpaired) electrons. The number of carbonyl (C=O) groups excluding carboxylic acids is 1. The quantitative estimate of drug-likeness (QED) is 0.0760. The summed E-state index contributed by atoms with van der Waals surface area (Å²) >= 11 is 3.71. The monoisotopic (exact) mass is 722 g/mol. The maximum absolute atomic E-state index is 12.6. The molecule has 244 valence electrons. The summed E-state index contributed by atoms with van der Waals surface area (Å²) in [5.41, 5.74) is 5.23. The summed E-state index contributed by atoms with van der Waals surface area (Å²) in [7, 11) is 1.37. The topological polar surface area (TPSA) is 130 Å². The Labute approximate surface area is 285 Å². The van der Waals surface area contributed by atoms with Gasteiger partial charge in [0, 0.05) is 34.3 Å². The van der Waals surface area contributed by atoms with Gasteiger partial charge >= 0.3 is 11.7 Å². The third-order valence-corrected chi connectivity index (χ3v) is 8.99. The van der Waals surface area contributed by atoms with Crippen LogP contribution in [0.2, 0.25) is 0 Å². The van der Waals surface area contributed by atoms with Crippen molar-refractivity contribution in [1.29, 1.82) is 0 Å². The Balaban J connectivity index is 0.00000433. The summed E-state index contributed by atoms with van der Waals surface area (Å²) in [4.78, 5) is 26.5. The molecule has 2 heterocycles. The van der Waals surface area contributed by atoms with Gasteiger partial charge in [-0.15, -0.1) is 12.4 Å². The van der Waals surface area contributed by atoms with Crippen molar-refractivity contribution in [3.05, 3.63) is 110 Å². The SMILES string of the molecule is COC(=O)[C@@H]1CCCCN1Cc1cc([N+](=O)[O-])c(OCc2cccc(-c3ccccc3)c2Br)cc1OCc1ccc2nonc2c1.Cl. The highest BCUT2D eigenvalue weighted by atomic mass is 79.9. The van der Waals surface area contributed by atoms with Crippen molar-refractivity contribution in [2.45, 2.75) is 45.1 Å². The van der Waals surface area contributed by atoms with Crippen LogP contribution < -0.4 is 9.47 Å². The molecule has 0 N–H and O–H groups in total. The number of halogens is 2. The van der Waals surface area contributed by atoms with Crippen LogP contribution in [0.25, 0.3) is 22.2 Å². The second-order valence-electron chi connectivity index (χ2n) is 11.0. The first-order valence-corrected chi connectivity index (χ1v) is 15.6. The van der Waals surface area contributed by atoms with E-state index < -0.39 is 11.0 Å². The van der Waals surface area contributed by atoms with Crippen LogP contribution >= 0.6 is 28.3 Å². The van der Waals surface area contributed by atoms with Gasteiger partial charge < -0.3 is 14.2 Å². The zero-order valence-electron chi connectivity index (χ0n) is 25.5. The van der Waals surface area contributed by atoms with Gasteiger partial charge in [-0.05, 0) is 74.5 Å². The summed E-state index contributed by atoms with van der Waals surface area (Å²) in [6, 6.07) is 23.8. The summed E-state index contributed by atoms with van der Waals surface area (Å²) in [6.07, 6.45) is 2.44. The summed E-state index contributed by atoms with van der Waals surface area (Å²) < 4.78 is 23.2. The van der Waals surface area contributed by atoms with Gasteiger partial charge in [0.05, 0.1) is 12.0 Å². The highest BCUT2D eigenvalue weighted by Crippen LogP contribution is 2.38. The van der Waals surface area contributed by atoms with Crippen LogP contribution in [0.5, 0.6) is 11.5 Å². The molecule has 4 aromatic carbocycles. The van der Waals surface area contributed by atoms with Crippen molar-refractivity contribution >= 4 is 51.0 Å². The lowest BCUT2D eigenvalue weighted by Gasteiger charge is -2.34. The van der Waals surface area contributed by atoms with Crippen molar-refractivity contribution in [3.63, 3.8) is 0 Å². The molecule has 1 atom stereocenters. The Morgan fingerprint density at radius 1 is 0.957 bits per heavy atom. The van der Waals surface area contributed by atoms with Crippen molar-refractivity contribution in [3.8, 4) is 22.6 Å². The summed E-state index contributed by atoms with van der Waals surface area (Å²) in [6.45, 7) is 1.13. The molecule has 0 unspecified atom stereocenters. The number of nitro benzene ring substituents is 1. The van der Waals surface area contributed by atoms with Crippen molar-refractivity contribution in [1.82, 2.24) is 15.2 Å². The second-order valence-corrected chi connectivity index (χ2v) is 11.8. The number of fused-ring (bicyclic) bond motifs is 1. The predicted molar refractivity (Wildman–Crippen MR) is 180 cm³/mol. The normalized spacial score (nSPS) is 14.7. The Morgan fingerprint density at radius 2 is 1.74 bits per heavy atom. The van der Waals surface area contributed by atoms with Crippen LogP contribution in [0.4, 0.5) is 5.69 Å². The predicted octanol–water partition coefficient (Wildman–Crippen LogP) is 7.67. The van der Waals surface area contributed by atoms with E-state index >= 15 is 0 Å². The molecular weight excluding hydrogens is 692 g/mol. The van der Waals surface area contributed by atoms with E-state index in [1.54, 1.807) is 12.1 Å². The minimum atomic E-state index is -0.461. The highest BCUT2D eigenvalue weighted by molar-refractivity contribution is 9.10. The Kier molecular flexibility index (Phi) is 11.1. The van der Waals surface area contributed by atoms with Gasteiger partial charge in [-0.25, -0.2) is 4.63 Å². The molecule has 1 aromatic heterocycles. The van der Waals surface area contributed by atoms with Crippen LogP contribution in [-0.4, -0.2) is 45.8 Å². The molecule has 1 aliphatic rings. The zero-order valence-corrected chi connectivity index (χ0v) is 27.9. The fraction of sp³-hybridized carbons (Fsp3) is 0.265. The minimum Gasteiger partial charge on any atom is -0.488 e. The molecular formula is C34H32BrClN4O7. The van der Waals surface area contributed by atoms with Crippen LogP contribution in [0.3, 0.4) is 0 Å². The van der Waals surface area contributed by atoms with E-state index in [1.165, 1.54) is 13.2 Å². The van der Waals surface area contributed by atoms with Crippen LogP contribution in [-0.2, 0) is 29.3 Å². The first kappa shape index (κ1) is 33.8. The molecule has 0 amide bonds. The van der Waals surface area contributed by atoms with E-state index in [-0.39, 0.29) is 49.6 Å². The van der Waals surface area contributed by atoms with Crippen LogP contribution in [0.1, 0.15) is 36.0 Å². The molecule has 0 spiro atoms. The molecule has 11 nitrogen and oxygen atoms in total. The van der Waals surface area contributed by atoms with Crippen LogP contribution in [0.15, 0.2) is 88.0 Å². The molecule has 5 aromatic rings. The van der Waals surface area contributed by atoms with Crippen LogP contribution in [0, 0.1) is 10.1 Å². The van der Waals surface area contributed by atoms with Gasteiger partial charge in [0.1, 0.15) is 36.0 Å². The Bertz CT molecular complexity index is 1870. The Hall–Kier alpha value is -4.52. The van der Waals surface area contributed by atoms with Crippen molar-refractivity contribution < 1.29 is 28.6 Å². The third kappa shape index (κ3) is 7.73. The van der Waals surface area contributed by atoms with Crippen molar-refractivity contribution in [2.24, 2.45) is 0 Å². The van der Waals surface area contributed by atoms with Crippen molar-refractivity contribution in [2.75, 3.05) is 13.7 Å². The standard InChI is InChI=1S/C34H31BrN4O7.ClH/c1-43-34(40)29-12-5-6-15-38(29)19-25-17-30(39(41)42)32(18-31(25)44-20-22-13-14-27-28(16-22)37-46-36-27)45-21-24-10-7-11-26(33(24)35)23-8-3-2-4-9-23;/h2-4,7-11,13-14,16-18,29H,5-6,12,15,19-21H2,1H3;1H/t29-;/m0./s1. The molecule has 0 aliphatic carbocycles. The fourth-order valence-corrected chi connectivity index (χ4v) is 6.28. The highest BCUT2D eigenvalue weighted by Gasteiger charge is 2.31. The van der Waals surface area contributed by atoms with Gasteiger partial charge in [-0.2, -0.15) is 0 Å². The Morgan fingerprint density at radius 3 is 2.53 bits per heavy atom. The van der Waals surface area contributed by atoms with Gasteiger partial charge in [-0.3, -0.25) is 19.8 Å². The lowest BCUT2D eigenvalue weighted by molar-refractivity contribution is -0.386. The van der Waals surface area contributed by atoms with Gasteiger partial charge in [-0.1, -0.05) is 61.0 Å². The number of hydrogen-bond acceptors (Lipinski definition) is 10. The molecule has 1 fully saturated rings. The first-order chi connectivity index (χ1) is 22.4. The molecule has 6 rings (SSSR count). The zero-order chi connectivity index (χ0) is 32.0.